The van der Waals surface area contributed by atoms with Crippen molar-refractivity contribution in [1.82, 2.24) is 14.4 Å². The number of nitrogens with zero attached hydrogens (tertiary/aromatic N) is 3. The second kappa shape index (κ2) is 9.27. The number of aryl methyl sites for hydroxylation is 1. The lowest BCUT2D eigenvalue weighted by Crippen LogP contribution is -2.31. The summed E-state index contributed by atoms with van der Waals surface area (Å²) < 4.78 is 37.6. The Morgan fingerprint density at radius 2 is 1.87 bits per heavy atom. The van der Waals surface area contributed by atoms with E-state index < -0.39 is 15.9 Å². The number of rotatable bonds is 8. The molecule has 1 N–H and O–H groups in total. The zero-order valence-corrected chi connectivity index (χ0v) is 18.6. The molecule has 0 spiro atoms. The fraction of sp³-hybridized carbons (Fsp3) is 0.286. The van der Waals surface area contributed by atoms with Crippen molar-refractivity contribution in [2.45, 2.75) is 25.7 Å². The number of para-hydroxylation sites is 1. The van der Waals surface area contributed by atoms with Crippen LogP contribution in [0.5, 0.6) is 5.75 Å². The topological polar surface area (TPSA) is 115 Å². The number of hydrogen-bond acceptors (Lipinski definition) is 7. The second-order valence-electron chi connectivity index (χ2n) is 6.59. The number of hydrogen-bond donors (Lipinski definition) is 1. The van der Waals surface area contributed by atoms with E-state index in [4.69, 9.17) is 9.26 Å². The van der Waals surface area contributed by atoms with Crippen LogP contribution >= 0.6 is 0 Å². The summed E-state index contributed by atoms with van der Waals surface area (Å²) in [5, 5.41) is 6.69. The van der Waals surface area contributed by atoms with Crippen molar-refractivity contribution in [2.75, 3.05) is 25.5 Å². The van der Waals surface area contributed by atoms with Crippen molar-refractivity contribution in [2.24, 2.45) is 0 Å². The molecule has 3 rings (SSSR count). The minimum atomic E-state index is -3.83. The molecule has 0 saturated carbocycles. The van der Waals surface area contributed by atoms with Crippen molar-refractivity contribution in [3.8, 4) is 17.1 Å². The summed E-state index contributed by atoms with van der Waals surface area (Å²) in [6, 6.07) is 11.3. The molecule has 0 atom stereocenters. The zero-order valence-electron chi connectivity index (χ0n) is 17.7. The highest BCUT2D eigenvalue weighted by Gasteiger charge is 2.27. The predicted molar refractivity (Wildman–Crippen MR) is 116 cm³/mol. The lowest BCUT2D eigenvalue weighted by Gasteiger charge is -2.20. The number of amides is 1. The Bertz CT molecular complexity index is 1190. The van der Waals surface area contributed by atoms with Gasteiger partial charge in [-0.2, -0.15) is 9.29 Å². The molecule has 1 aromatic heterocycles. The smallest absolute Gasteiger partial charge is 0.255 e. The van der Waals surface area contributed by atoms with Crippen molar-refractivity contribution >= 4 is 21.6 Å². The molecule has 0 unspecified atom stereocenters. The van der Waals surface area contributed by atoms with Gasteiger partial charge in [0.25, 0.3) is 5.91 Å². The standard InChI is InChI=1S/C21H24N4O5S/c1-5-25(6-2)31(27,28)19-13-15(11-12-18(19)29-4)21(26)23-17-10-8-7-9-16(17)20-22-14(3)30-24-20/h7-13H,5-6H2,1-4H3,(H,23,26). The highest BCUT2D eigenvalue weighted by atomic mass is 32.2. The summed E-state index contributed by atoms with van der Waals surface area (Å²) in [7, 11) is -2.44. The van der Waals surface area contributed by atoms with Crippen LogP contribution in [-0.2, 0) is 10.0 Å². The van der Waals surface area contributed by atoms with Gasteiger partial charge in [-0.1, -0.05) is 31.1 Å². The maximum absolute atomic E-state index is 13.0. The molecule has 10 heteroatoms. The fourth-order valence-electron chi connectivity index (χ4n) is 3.11. The molecule has 0 fully saturated rings. The summed E-state index contributed by atoms with van der Waals surface area (Å²) in [4.78, 5) is 17.1. The Labute approximate surface area is 181 Å². The Hall–Kier alpha value is -3.24. The highest BCUT2D eigenvalue weighted by Crippen LogP contribution is 2.29. The third-order valence-corrected chi connectivity index (χ3v) is 6.76. The van der Waals surface area contributed by atoms with Crippen LogP contribution in [0.15, 0.2) is 51.9 Å². The third kappa shape index (κ3) is 4.59. The van der Waals surface area contributed by atoms with Gasteiger partial charge in [0, 0.05) is 31.1 Å². The van der Waals surface area contributed by atoms with Crippen LogP contribution in [0, 0.1) is 6.92 Å². The minimum Gasteiger partial charge on any atom is -0.495 e. The van der Waals surface area contributed by atoms with Crippen LogP contribution in [0.4, 0.5) is 5.69 Å². The van der Waals surface area contributed by atoms with Crippen LogP contribution in [-0.4, -0.2) is 49.0 Å². The zero-order chi connectivity index (χ0) is 22.6. The van der Waals surface area contributed by atoms with E-state index in [0.717, 1.165) is 0 Å². The average molecular weight is 445 g/mol. The van der Waals surface area contributed by atoms with Gasteiger partial charge in [0.05, 0.1) is 12.8 Å². The first-order chi connectivity index (χ1) is 14.8. The number of benzene rings is 2. The van der Waals surface area contributed by atoms with Gasteiger partial charge >= 0.3 is 0 Å². The quantitative estimate of drug-likeness (QED) is 0.567. The molecule has 9 nitrogen and oxygen atoms in total. The van der Waals surface area contributed by atoms with E-state index in [1.165, 1.54) is 29.6 Å². The van der Waals surface area contributed by atoms with E-state index in [1.54, 1.807) is 45.0 Å². The van der Waals surface area contributed by atoms with Gasteiger partial charge in [-0.3, -0.25) is 4.79 Å². The summed E-state index contributed by atoms with van der Waals surface area (Å²) in [6.45, 7) is 5.78. The largest absolute Gasteiger partial charge is 0.495 e. The van der Waals surface area contributed by atoms with Gasteiger partial charge in [-0.25, -0.2) is 8.42 Å². The van der Waals surface area contributed by atoms with Gasteiger partial charge in [0.1, 0.15) is 10.6 Å². The summed E-state index contributed by atoms with van der Waals surface area (Å²) >= 11 is 0. The van der Waals surface area contributed by atoms with Crippen LogP contribution in [0.25, 0.3) is 11.4 Å². The Kier molecular flexibility index (Phi) is 6.71. The van der Waals surface area contributed by atoms with Crippen molar-refractivity contribution in [1.29, 1.82) is 0 Å². The molecule has 1 amide bonds. The molecule has 2 aromatic carbocycles. The predicted octanol–water partition coefficient (Wildman–Crippen LogP) is 3.34. The SMILES string of the molecule is CCN(CC)S(=O)(=O)c1cc(C(=O)Nc2ccccc2-c2noc(C)n2)ccc1OC. The number of methoxy groups -OCH3 is 1. The van der Waals surface area contributed by atoms with E-state index in [9.17, 15) is 13.2 Å². The first-order valence-electron chi connectivity index (χ1n) is 9.71. The molecule has 0 aliphatic rings. The number of aromatic nitrogens is 2. The Morgan fingerprint density at radius 1 is 1.16 bits per heavy atom. The van der Waals surface area contributed by atoms with Gasteiger partial charge in [-0.05, 0) is 30.3 Å². The monoisotopic (exact) mass is 444 g/mol. The number of carbonyl (C=O) groups excluding carboxylic acids is 1. The van der Waals surface area contributed by atoms with E-state index >= 15 is 0 Å². The number of carbonyl (C=O) groups is 1. The average Bonchev–Trinajstić information content (AvgIpc) is 3.20. The van der Waals surface area contributed by atoms with Crippen molar-refractivity contribution in [3.63, 3.8) is 0 Å². The molecule has 1 heterocycles. The third-order valence-electron chi connectivity index (χ3n) is 4.69. The van der Waals surface area contributed by atoms with Crippen LogP contribution < -0.4 is 10.1 Å². The van der Waals surface area contributed by atoms with Crippen LogP contribution in [0.1, 0.15) is 30.1 Å². The normalized spacial score (nSPS) is 11.5. The first kappa shape index (κ1) is 22.4. The Morgan fingerprint density at radius 3 is 2.48 bits per heavy atom. The van der Waals surface area contributed by atoms with Crippen molar-refractivity contribution in [3.05, 3.63) is 53.9 Å². The first-order valence-corrected chi connectivity index (χ1v) is 11.1. The van der Waals surface area contributed by atoms with Crippen LogP contribution in [0.2, 0.25) is 0 Å². The molecule has 0 bridgehead atoms. The lowest BCUT2D eigenvalue weighted by molar-refractivity contribution is 0.102. The van der Waals surface area contributed by atoms with E-state index in [2.05, 4.69) is 15.5 Å². The maximum atomic E-state index is 13.0. The molecule has 31 heavy (non-hydrogen) atoms. The molecular weight excluding hydrogens is 420 g/mol. The number of sulfonamides is 1. The Balaban J connectivity index is 1.97. The summed E-state index contributed by atoms with van der Waals surface area (Å²) in [5.41, 5.74) is 1.22. The number of nitrogens with one attached hydrogen (secondary N) is 1. The second-order valence-corrected chi connectivity index (χ2v) is 8.50. The number of anilines is 1. The van der Waals surface area contributed by atoms with E-state index in [0.29, 0.717) is 36.1 Å². The van der Waals surface area contributed by atoms with E-state index in [-0.39, 0.29) is 16.2 Å². The van der Waals surface area contributed by atoms with Crippen LogP contribution in [0.3, 0.4) is 0 Å². The summed E-state index contributed by atoms with van der Waals surface area (Å²) in [6.07, 6.45) is 0. The summed E-state index contributed by atoms with van der Waals surface area (Å²) in [5.74, 6) is 0.433. The molecule has 164 valence electrons. The fourth-order valence-corrected chi connectivity index (χ4v) is 4.75. The molecule has 0 aliphatic heterocycles. The van der Waals surface area contributed by atoms with Gasteiger partial charge in [-0.15, -0.1) is 0 Å². The van der Waals surface area contributed by atoms with Gasteiger partial charge < -0.3 is 14.6 Å². The number of ether oxygens (including phenoxy) is 1. The lowest BCUT2D eigenvalue weighted by atomic mass is 10.1. The molecular formula is C21H24N4O5S. The minimum absolute atomic E-state index is 0.0616. The van der Waals surface area contributed by atoms with Gasteiger partial charge in [0.2, 0.25) is 21.7 Å². The highest BCUT2D eigenvalue weighted by molar-refractivity contribution is 7.89. The molecule has 0 saturated heterocycles. The maximum Gasteiger partial charge on any atom is 0.255 e. The van der Waals surface area contributed by atoms with Gasteiger partial charge in [0.15, 0.2) is 0 Å². The van der Waals surface area contributed by atoms with E-state index in [1.807, 2.05) is 0 Å². The molecule has 0 radical (unpaired) electrons. The van der Waals surface area contributed by atoms with Crippen molar-refractivity contribution < 1.29 is 22.5 Å². The molecule has 0 aliphatic carbocycles. The molecule has 3 aromatic rings.